The third kappa shape index (κ3) is 4.64. The highest BCUT2D eigenvalue weighted by Crippen LogP contribution is 2.46. The Morgan fingerprint density at radius 2 is 1.57 bits per heavy atom. The fourth-order valence-electron chi connectivity index (χ4n) is 5.73. The third-order valence-electron chi connectivity index (χ3n) is 7.62. The number of hydrogen-bond acceptors (Lipinski definition) is 5. The number of Topliss-reactive ketones (excluding diaryl/α,β-unsaturated/α-hetero) is 1. The number of dihydropyridines is 1. The molecule has 0 bridgehead atoms. The van der Waals surface area contributed by atoms with Crippen molar-refractivity contribution in [2.45, 2.75) is 70.3 Å². The highest BCUT2D eigenvalue weighted by Gasteiger charge is 2.42. The SMILES string of the molecule is COc1ccc([C@H]2CC(=O)C3=C(C2)NC(C)=C(C(=O)OC2CCCC2)[C@@H]3c2ccc(C)cc2)cc1. The molecule has 1 fully saturated rings. The summed E-state index contributed by atoms with van der Waals surface area (Å²) in [5, 5.41) is 3.45. The quantitative estimate of drug-likeness (QED) is 0.554. The molecule has 2 atom stereocenters. The van der Waals surface area contributed by atoms with E-state index < -0.39 is 5.92 Å². The van der Waals surface area contributed by atoms with Crippen molar-refractivity contribution in [3.8, 4) is 5.75 Å². The predicted molar refractivity (Wildman–Crippen MR) is 135 cm³/mol. The minimum absolute atomic E-state index is 0.0293. The number of hydrogen-bond donors (Lipinski definition) is 1. The molecule has 5 heteroatoms. The van der Waals surface area contributed by atoms with Crippen molar-refractivity contribution in [3.63, 3.8) is 0 Å². The molecule has 0 saturated heterocycles. The molecule has 0 spiro atoms. The van der Waals surface area contributed by atoms with E-state index in [1.807, 2.05) is 62.4 Å². The van der Waals surface area contributed by atoms with E-state index in [9.17, 15) is 9.59 Å². The maximum absolute atomic E-state index is 13.7. The van der Waals surface area contributed by atoms with Gasteiger partial charge in [-0.2, -0.15) is 0 Å². The zero-order chi connectivity index (χ0) is 24.5. The third-order valence-corrected chi connectivity index (χ3v) is 7.62. The summed E-state index contributed by atoms with van der Waals surface area (Å²) in [4.78, 5) is 27.2. The van der Waals surface area contributed by atoms with Gasteiger partial charge in [-0.1, -0.05) is 42.0 Å². The number of benzene rings is 2. The van der Waals surface area contributed by atoms with Gasteiger partial charge < -0.3 is 14.8 Å². The lowest BCUT2D eigenvalue weighted by Gasteiger charge is -2.37. The summed E-state index contributed by atoms with van der Waals surface area (Å²) in [6.07, 6.45) is 5.12. The normalized spacial score (nSPS) is 22.7. The Labute approximate surface area is 207 Å². The Kier molecular flexibility index (Phi) is 6.50. The van der Waals surface area contributed by atoms with Crippen LogP contribution < -0.4 is 10.1 Å². The standard InChI is InChI=1S/C30H33NO4/c1-18-8-10-21(11-9-18)28-27(30(33)35-24-6-4-5-7-24)19(2)31-25-16-22(17-26(32)29(25)28)20-12-14-23(34-3)15-13-20/h8-15,22,24,28,31H,4-7,16-17H2,1-3H3/t22-,28+/m1/s1. The van der Waals surface area contributed by atoms with Gasteiger partial charge in [-0.15, -0.1) is 0 Å². The lowest BCUT2D eigenvalue weighted by atomic mass is 9.71. The van der Waals surface area contributed by atoms with Crippen molar-refractivity contribution >= 4 is 11.8 Å². The molecule has 1 saturated carbocycles. The molecule has 0 radical (unpaired) electrons. The van der Waals surface area contributed by atoms with E-state index in [-0.39, 0.29) is 23.8 Å². The number of rotatable bonds is 5. The first-order valence-electron chi connectivity index (χ1n) is 12.6. The van der Waals surface area contributed by atoms with Crippen LogP contribution in [0.3, 0.4) is 0 Å². The largest absolute Gasteiger partial charge is 0.497 e. The molecule has 0 unspecified atom stereocenters. The van der Waals surface area contributed by atoms with Crippen molar-refractivity contribution in [1.82, 2.24) is 5.32 Å². The zero-order valence-corrected chi connectivity index (χ0v) is 20.7. The topological polar surface area (TPSA) is 64.6 Å². The van der Waals surface area contributed by atoms with Crippen LogP contribution in [-0.2, 0) is 14.3 Å². The van der Waals surface area contributed by atoms with Gasteiger partial charge in [0.2, 0.25) is 0 Å². The number of nitrogens with one attached hydrogen (secondary N) is 1. The van der Waals surface area contributed by atoms with E-state index in [4.69, 9.17) is 9.47 Å². The Hall–Kier alpha value is -3.34. The smallest absolute Gasteiger partial charge is 0.337 e. The molecule has 2 aromatic carbocycles. The summed E-state index contributed by atoms with van der Waals surface area (Å²) in [6, 6.07) is 16.1. The van der Waals surface area contributed by atoms with Crippen LogP contribution >= 0.6 is 0 Å². The first-order valence-corrected chi connectivity index (χ1v) is 12.6. The van der Waals surface area contributed by atoms with Crippen molar-refractivity contribution in [2.75, 3.05) is 7.11 Å². The van der Waals surface area contributed by atoms with Crippen LogP contribution in [0.15, 0.2) is 71.1 Å². The van der Waals surface area contributed by atoms with Gasteiger partial charge in [0, 0.05) is 29.3 Å². The Morgan fingerprint density at radius 1 is 0.914 bits per heavy atom. The molecule has 5 nitrogen and oxygen atoms in total. The van der Waals surface area contributed by atoms with E-state index in [0.29, 0.717) is 17.6 Å². The van der Waals surface area contributed by atoms with Gasteiger partial charge in [-0.25, -0.2) is 4.79 Å². The van der Waals surface area contributed by atoms with Gasteiger partial charge in [0.15, 0.2) is 5.78 Å². The highest BCUT2D eigenvalue weighted by atomic mass is 16.5. The van der Waals surface area contributed by atoms with Crippen molar-refractivity contribution in [2.24, 2.45) is 0 Å². The number of aryl methyl sites for hydroxylation is 1. The number of allylic oxidation sites excluding steroid dienone is 3. The molecule has 1 N–H and O–H groups in total. The minimum atomic E-state index is -0.412. The van der Waals surface area contributed by atoms with E-state index in [2.05, 4.69) is 5.32 Å². The van der Waals surface area contributed by atoms with E-state index >= 15 is 0 Å². The minimum Gasteiger partial charge on any atom is -0.497 e. The van der Waals surface area contributed by atoms with E-state index in [1.54, 1.807) is 7.11 Å². The molecule has 5 rings (SSSR count). The molecule has 1 aliphatic heterocycles. The van der Waals surface area contributed by atoms with Crippen LogP contribution in [0.25, 0.3) is 0 Å². The second-order valence-corrected chi connectivity index (χ2v) is 10.0. The first-order chi connectivity index (χ1) is 16.9. The van der Waals surface area contributed by atoms with Crippen molar-refractivity contribution in [3.05, 3.63) is 87.8 Å². The predicted octanol–water partition coefficient (Wildman–Crippen LogP) is 5.85. The maximum atomic E-state index is 13.7. The second-order valence-electron chi connectivity index (χ2n) is 10.0. The van der Waals surface area contributed by atoms with E-state index in [0.717, 1.165) is 65.9 Å². The monoisotopic (exact) mass is 471 g/mol. The molecule has 3 aliphatic rings. The average molecular weight is 472 g/mol. The van der Waals surface area contributed by atoms with Gasteiger partial charge in [0.05, 0.1) is 12.7 Å². The van der Waals surface area contributed by atoms with Crippen LogP contribution in [0.2, 0.25) is 0 Å². The number of carbonyl (C=O) groups is 2. The number of methoxy groups -OCH3 is 1. The highest BCUT2D eigenvalue weighted by molar-refractivity contribution is 6.04. The Balaban J connectivity index is 1.51. The molecule has 2 aliphatic carbocycles. The summed E-state index contributed by atoms with van der Waals surface area (Å²) in [6.45, 7) is 3.97. The molecule has 0 amide bonds. The molecular formula is C30H33NO4. The number of carbonyl (C=O) groups excluding carboxylic acids is 2. The summed E-state index contributed by atoms with van der Waals surface area (Å²) in [5.41, 5.74) is 6.19. The molecule has 182 valence electrons. The van der Waals surface area contributed by atoms with Crippen molar-refractivity contribution < 1.29 is 19.1 Å². The lowest BCUT2D eigenvalue weighted by Crippen LogP contribution is -2.36. The molecule has 0 aromatic heterocycles. The van der Waals surface area contributed by atoms with Gasteiger partial charge in [0.1, 0.15) is 11.9 Å². The fraction of sp³-hybridized carbons (Fsp3) is 0.400. The Bertz CT molecular complexity index is 1180. The van der Waals surface area contributed by atoms with Gasteiger partial charge in [0.25, 0.3) is 0 Å². The molecule has 2 aromatic rings. The van der Waals surface area contributed by atoms with Crippen molar-refractivity contribution in [1.29, 1.82) is 0 Å². The summed E-state index contributed by atoms with van der Waals surface area (Å²) in [7, 11) is 1.65. The number of ether oxygens (including phenoxy) is 2. The van der Waals surface area contributed by atoms with Gasteiger partial charge in [-0.05, 0) is 75.1 Å². The lowest BCUT2D eigenvalue weighted by molar-refractivity contribution is -0.144. The van der Waals surface area contributed by atoms with Crippen LogP contribution in [0.5, 0.6) is 5.75 Å². The van der Waals surface area contributed by atoms with Crippen LogP contribution in [0.1, 0.15) is 74.0 Å². The first kappa shape index (κ1) is 23.4. The van der Waals surface area contributed by atoms with Gasteiger partial charge in [-0.3, -0.25) is 4.79 Å². The molecule has 35 heavy (non-hydrogen) atoms. The van der Waals surface area contributed by atoms with Crippen LogP contribution in [-0.4, -0.2) is 25.0 Å². The van der Waals surface area contributed by atoms with E-state index in [1.165, 1.54) is 0 Å². The summed E-state index contributed by atoms with van der Waals surface area (Å²) >= 11 is 0. The molecular weight excluding hydrogens is 438 g/mol. The number of esters is 1. The van der Waals surface area contributed by atoms with Gasteiger partial charge >= 0.3 is 5.97 Å². The summed E-state index contributed by atoms with van der Waals surface area (Å²) in [5.74, 6) is 0.256. The second kappa shape index (κ2) is 9.73. The number of ketones is 1. The van der Waals surface area contributed by atoms with Crippen LogP contribution in [0, 0.1) is 6.92 Å². The maximum Gasteiger partial charge on any atom is 0.337 e. The Morgan fingerprint density at radius 3 is 2.23 bits per heavy atom. The van der Waals surface area contributed by atoms with Crippen LogP contribution in [0.4, 0.5) is 0 Å². The molecule has 1 heterocycles. The summed E-state index contributed by atoms with van der Waals surface area (Å²) < 4.78 is 11.2. The average Bonchev–Trinajstić information content (AvgIpc) is 3.36. The fourth-order valence-corrected chi connectivity index (χ4v) is 5.73. The zero-order valence-electron chi connectivity index (χ0n) is 20.7.